The zero-order valence-corrected chi connectivity index (χ0v) is 8.45. The van der Waals surface area contributed by atoms with Crippen molar-refractivity contribution in [3.63, 3.8) is 0 Å². The van der Waals surface area contributed by atoms with Crippen molar-refractivity contribution in [2.75, 3.05) is 0 Å². The Morgan fingerprint density at radius 1 is 1.21 bits per heavy atom. The van der Waals surface area contributed by atoms with Crippen LogP contribution >= 0.6 is 0 Å². The molecule has 0 atom stereocenters. The molecule has 0 unspecified atom stereocenters. The summed E-state index contributed by atoms with van der Waals surface area (Å²) in [6.07, 6.45) is 0.895. The van der Waals surface area contributed by atoms with Crippen LogP contribution in [-0.2, 0) is 6.42 Å². The van der Waals surface area contributed by atoms with E-state index in [1.807, 2.05) is 30.3 Å². The maximum atomic E-state index is 5.25. The Balaban J connectivity index is 2.48. The standard InChI is InChI=1S/C12H13NO/c1-3-11-9(2)12(13-14-11)10-7-5-4-6-8-10/h4-8H,3H2,1-2H3. The Morgan fingerprint density at radius 2 is 1.93 bits per heavy atom. The minimum Gasteiger partial charge on any atom is -0.361 e. The molecule has 72 valence electrons. The van der Waals surface area contributed by atoms with Crippen LogP contribution in [0.2, 0.25) is 0 Å². The van der Waals surface area contributed by atoms with E-state index in [9.17, 15) is 0 Å². The first kappa shape index (κ1) is 9.00. The SMILES string of the molecule is CCc1onc(-c2ccccc2)c1C. The summed E-state index contributed by atoms with van der Waals surface area (Å²) >= 11 is 0. The van der Waals surface area contributed by atoms with Gasteiger partial charge in [-0.2, -0.15) is 0 Å². The molecule has 0 amide bonds. The lowest BCUT2D eigenvalue weighted by atomic mass is 10.1. The molecule has 0 aliphatic heterocycles. The molecule has 2 aromatic rings. The minimum atomic E-state index is 0.895. The Hall–Kier alpha value is -1.57. The van der Waals surface area contributed by atoms with Crippen molar-refractivity contribution in [3.05, 3.63) is 41.7 Å². The van der Waals surface area contributed by atoms with Crippen molar-refractivity contribution in [3.8, 4) is 11.3 Å². The van der Waals surface area contributed by atoms with E-state index in [0.29, 0.717) is 0 Å². The van der Waals surface area contributed by atoms with Gasteiger partial charge in [-0.25, -0.2) is 0 Å². The van der Waals surface area contributed by atoms with E-state index in [1.54, 1.807) is 0 Å². The molecule has 0 saturated carbocycles. The first-order chi connectivity index (χ1) is 6.83. The van der Waals surface area contributed by atoms with Gasteiger partial charge in [-0.05, 0) is 6.92 Å². The van der Waals surface area contributed by atoms with Crippen molar-refractivity contribution in [1.29, 1.82) is 0 Å². The first-order valence-corrected chi connectivity index (χ1v) is 4.83. The van der Waals surface area contributed by atoms with Crippen LogP contribution in [0.5, 0.6) is 0 Å². The summed E-state index contributed by atoms with van der Waals surface area (Å²) in [5.74, 6) is 0.976. The van der Waals surface area contributed by atoms with Crippen LogP contribution in [0.15, 0.2) is 34.9 Å². The van der Waals surface area contributed by atoms with Crippen molar-refractivity contribution >= 4 is 0 Å². The lowest BCUT2D eigenvalue weighted by molar-refractivity contribution is 0.388. The van der Waals surface area contributed by atoms with Crippen molar-refractivity contribution in [2.24, 2.45) is 0 Å². The number of aryl methyl sites for hydroxylation is 1. The molecule has 0 bridgehead atoms. The molecule has 0 N–H and O–H groups in total. The molecule has 0 spiro atoms. The van der Waals surface area contributed by atoms with E-state index < -0.39 is 0 Å². The normalized spacial score (nSPS) is 10.4. The molecular formula is C12H13NO. The largest absolute Gasteiger partial charge is 0.361 e. The molecular weight excluding hydrogens is 174 g/mol. The number of hydrogen-bond donors (Lipinski definition) is 0. The second-order valence-electron chi connectivity index (χ2n) is 3.30. The van der Waals surface area contributed by atoms with Gasteiger partial charge < -0.3 is 4.52 Å². The summed E-state index contributed by atoms with van der Waals surface area (Å²) in [4.78, 5) is 0. The van der Waals surface area contributed by atoms with E-state index in [0.717, 1.165) is 29.0 Å². The predicted octanol–water partition coefficient (Wildman–Crippen LogP) is 3.21. The van der Waals surface area contributed by atoms with Gasteiger partial charge in [-0.3, -0.25) is 0 Å². The van der Waals surface area contributed by atoms with Crippen LogP contribution in [0.1, 0.15) is 18.2 Å². The fourth-order valence-electron chi connectivity index (χ4n) is 1.56. The predicted molar refractivity (Wildman–Crippen MR) is 56.1 cm³/mol. The molecule has 2 heteroatoms. The molecule has 1 aromatic carbocycles. The smallest absolute Gasteiger partial charge is 0.140 e. The van der Waals surface area contributed by atoms with Gasteiger partial charge in [-0.1, -0.05) is 42.4 Å². The molecule has 1 heterocycles. The summed E-state index contributed by atoms with van der Waals surface area (Å²) in [5, 5.41) is 4.08. The van der Waals surface area contributed by atoms with Crippen LogP contribution < -0.4 is 0 Å². The third kappa shape index (κ3) is 1.43. The van der Waals surface area contributed by atoms with Gasteiger partial charge in [0.25, 0.3) is 0 Å². The van der Waals surface area contributed by atoms with Gasteiger partial charge in [0.2, 0.25) is 0 Å². The highest BCUT2D eigenvalue weighted by Gasteiger charge is 2.10. The second kappa shape index (κ2) is 3.66. The Labute approximate surface area is 83.5 Å². The molecule has 0 saturated heterocycles. The van der Waals surface area contributed by atoms with Crippen LogP contribution in [0, 0.1) is 6.92 Å². The maximum absolute atomic E-state index is 5.25. The number of hydrogen-bond acceptors (Lipinski definition) is 2. The molecule has 2 nitrogen and oxygen atoms in total. The summed E-state index contributed by atoms with van der Waals surface area (Å²) in [6.45, 7) is 4.12. The van der Waals surface area contributed by atoms with Gasteiger partial charge in [-0.15, -0.1) is 0 Å². The molecule has 0 aliphatic rings. The second-order valence-corrected chi connectivity index (χ2v) is 3.30. The van der Waals surface area contributed by atoms with Crippen molar-refractivity contribution in [1.82, 2.24) is 5.16 Å². The van der Waals surface area contributed by atoms with E-state index in [4.69, 9.17) is 4.52 Å². The third-order valence-electron chi connectivity index (χ3n) is 2.39. The summed E-state index contributed by atoms with van der Waals surface area (Å²) < 4.78 is 5.25. The molecule has 0 fully saturated rings. The van der Waals surface area contributed by atoms with Crippen LogP contribution in [0.25, 0.3) is 11.3 Å². The highest BCUT2D eigenvalue weighted by atomic mass is 16.5. The van der Waals surface area contributed by atoms with Crippen LogP contribution in [-0.4, -0.2) is 5.16 Å². The van der Waals surface area contributed by atoms with E-state index in [2.05, 4.69) is 19.0 Å². The zero-order valence-electron chi connectivity index (χ0n) is 8.45. The van der Waals surface area contributed by atoms with E-state index in [1.165, 1.54) is 0 Å². The number of aromatic nitrogens is 1. The van der Waals surface area contributed by atoms with Gasteiger partial charge in [0.15, 0.2) is 0 Å². The van der Waals surface area contributed by atoms with E-state index >= 15 is 0 Å². The van der Waals surface area contributed by atoms with Gasteiger partial charge in [0, 0.05) is 17.5 Å². The maximum Gasteiger partial charge on any atom is 0.140 e. The number of benzene rings is 1. The molecule has 1 aromatic heterocycles. The highest BCUT2D eigenvalue weighted by molar-refractivity contribution is 5.62. The average molecular weight is 187 g/mol. The van der Waals surface area contributed by atoms with Gasteiger partial charge in [0.1, 0.15) is 11.5 Å². The van der Waals surface area contributed by atoms with E-state index in [-0.39, 0.29) is 0 Å². The molecule has 2 rings (SSSR count). The van der Waals surface area contributed by atoms with Gasteiger partial charge >= 0.3 is 0 Å². The monoisotopic (exact) mass is 187 g/mol. The van der Waals surface area contributed by atoms with Crippen molar-refractivity contribution in [2.45, 2.75) is 20.3 Å². The van der Waals surface area contributed by atoms with Crippen LogP contribution in [0.4, 0.5) is 0 Å². The summed E-state index contributed by atoms with van der Waals surface area (Å²) in [7, 11) is 0. The summed E-state index contributed by atoms with van der Waals surface area (Å²) in [5.41, 5.74) is 3.23. The molecule has 0 radical (unpaired) electrons. The zero-order chi connectivity index (χ0) is 9.97. The lowest BCUT2D eigenvalue weighted by Gasteiger charge is -1.95. The Kier molecular flexibility index (Phi) is 2.35. The average Bonchev–Trinajstić information content (AvgIpc) is 2.61. The molecule has 14 heavy (non-hydrogen) atoms. The summed E-state index contributed by atoms with van der Waals surface area (Å²) in [6, 6.07) is 10.1. The first-order valence-electron chi connectivity index (χ1n) is 4.83. The van der Waals surface area contributed by atoms with Crippen molar-refractivity contribution < 1.29 is 4.52 Å². The quantitative estimate of drug-likeness (QED) is 0.721. The Bertz CT molecular complexity index is 417. The molecule has 0 aliphatic carbocycles. The lowest BCUT2D eigenvalue weighted by Crippen LogP contribution is -1.82. The van der Waals surface area contributed by atoms with Gasteiger partial charge in [0.05, 0.1) is 0 Å². The van der Waals surface area contributed by atoms with Crippen LogP contribution in [0.3, 0.4) is 0 Å². The topological polar surface area (TPSA) is 26.0 Å². The Morgan fingerprint density at radius 3 is 2.50 bits per heavy atom. The fraction of sp³-hybridized carbons (Fsp3) is 0.250. The minimum absolute atomic E-state index is 0.895. The third-order valence-corrected chi connectivity index (χ3v) is 2.39. The highest BCUT2D eigenvalue weighted by Crippen LogP contribution is 2.24. The number of nitrogens with zero attached hydrogens (tertiary/aromatic N) is 1. The fourth-order valence-corrected chi connectivity index (χ4v) is 1.56. The number of rotatable bonds is 2.